The highest BCUT2D eigenvalue weighted by Gasteiger charge is 2.22. The normalized spacial score (nSPS) is 15.5. The molecule has 1 N–H and O–H groups in total. The molecular weight excluding hydrogens is 352 g/mol. The number of morpholine rings is 1. The van der Waals surface area contributed by atoms with E-state index in [4.69, 9.17) is 9.72 Å². The average Bonchev–Trinajstić information content (AvgIpc) is 3.03. The molecule has 1 aliphatic rings. The van der Waals surface area contributed by atoms with Gasteiger partial charge in [0.15, 0.2) is 10.8 Å². The highest BCUT2D eigenvalue weighted by Crippen LogP contribution is 2.27. The van der Waals surface area contributed by atoms with Gasteiger partial charge in [-0.2, -0.15) is 5.10 Å². The maximum Gasteiger partial charge on any atom is 0.225 e. The number of carbonyl (C=O) groups is 1. The van der Waals surface area contributed by atoms with Gasteiger partial charge < -0.3 is 15.0 Å². The molecule has 2 aromatic heterocycles. The Morgan fingerprint density at radius 1 is 1.31 bits per heavy atom. The van der Waals surface area contributed by atoms with E-state index in [1.54, 1.807) is 0 Å². The number of fused-ring (bicyclic) bond motifs is 1. The molecule has 3 rings (SSSR count). The van der Waals surface area contributed by atoms with Crippen molar-refractivity contribution in [3.63, 3.8) is 0 Å². The smallest absolute Gasteiger partial charge is 0.225 e. The van der Waals surface area contributed by atoms with Crippen molar-refractivity contribution in [3.8, 4) is 0 Å². The van der Waals surface area contributed by atoms with Crippen LogP contribution >= 0.6 is 11.8 Å². The van der Waals surface area contributed by atoms with Crippen LogP contribution in [0.1, 0.15) is 20.8 Å². The summed E-state index contributed by atoms with van der Waals surface area (Å²) in [6, 6.07) is 0. The van der Waals surface area contributed by atoms with Crippen LogP contribution in [0, 0.1) is 5.41 Å². The van der Waals surface area contributed by atoms with Crippen molar-refractivity contribution in [3.05, 3.63) is 6.20 Å². The van der Waals surface area contributed by atoms with E-state index < -0.39 is 5.41 Å². The molecule has 1 amide bonds. The molecular formula is C17H26N6O2S. The first-order valence-electron chi connectivity index (χ1n) is 8.78. The summed E-state index contributed by atoms with van der Waals surface area (Å²) in [4.78, 5) is 23.6. The number of anilines is 1. The van der Waals surface area contributed by atoms with Crippen LogP contribution in [-0.2, 0) is 16.1 Å². The molecule has 3 heterocycles. The van der Waals surface area contributed by atoms with Crippen LogP contribution in [-0.4, -0.2) is 64.8 Å². The molecule has 2 aromatic rings. The maximum atomic E-state index is 12.0. The lowest BCUT2D eigenvalue weighted by molar-refractivity contribution is -0.128. The quantitative estimate of drug-likeness (QED) is 0.624. The SMILES string of the molecule is CSc1nc(N2CCOCC2)c2cnn(CCNC(=O)C(C)(C)C)c2n1. The van der Waals surface area contributed by atoms with Crippen LogP contribution in [0.15, 0.2) is 11.4 Å². The number of hydrogen-bond acceptors (Lipinski definition) is 7. The first-order valence-corrected chi connectivity index (χ1v) is 10.0. The number of carbonyl (C=O) groups excluding carboxylic acids is 1. The summed E-state index contributed by atoms with van der Waals surface area (Å²) in [5.41, 5.74) is 0.403. The van der Waals surface area contributed by atoms with Gasteiger partial charge in [0.25, 0.3) is 0 Å². The summed E-state index contributed by atoms with van der Waals surface area (Å²) in [5, 5.41) is 9.10. The molecule has 0 saturated carbocycles. The highest BCUT2D eigenvalue weighted by atomic mass is 32.2. The number of ether oxygens (including phenoxy) is 1. The van der Waals surface area contributed by atoms with Gasteiger partial charge in [0.2, 0.25) is 5.91 Å². The van der Waals surface area contributed by atoms with Crippen molar-refractivity contribution in [1.82, 2.24) is 25.1 Å². The van der Waals surface area contributed by atoms with Crippen LogP contribution in [0.25, 0.3) is 11.0 Å². The fourth-order valence-corrected chi connectivity index (χ4v) is 3.09. The Balaban J connectivity index is 1.82. The van der Waals surface area contributed by atoms with Crippen molar-refractivity contribution in [2.24, 2.45) is 5.41 Å². The number of thioether (sulfide) groups is 1. The number of nitrogens with one attached hydrogen (secondary N) is 1. The molecule has 0 spiro atoms. The molecule has 26 heavy (non-hydrogen) atoms. The standard InChI is InChI=1S/C17H26N6O2S/c1-17(2,3)15(24)18-5-6-23-14-12(11-19-23)13(20-16(21-14)26-4)22-7-9-25-10-8-22/h11H,5-10H2,1-4H3,(H,18,24). The second-order valence-electron chi connectivity index (χ2n) is 7.24. The van der Waals surface area contributed by atoms with Gasteiger partial charge in [0.1, 0.15) is 5.82 Å². The summed E-state index contributed by atoms with van der Waals surface area (Å²) in [6.07, 6.45) is 3.78. The highest BCUT2D eigenvalue weighted by molar-refractivity contribution is 7.98. The van der Waals surface area contributed by atoms with E-state index in [1.807, 2.05) is 37.9 Å². The van der Waals surface area contributed by atoms with Gasteiger partial charge in [0, 0.05) is 25.0 Å². The van der Waals surface area contributed by atoms with Crippen LogP contribution < -0.4 is 10.2 Å². The second kappa shape index (κ2) is 7.79. The molecule has 142 valence electrons. The minimum atomic E-state index is -0.399. The third-order valence-electron chi connectivity index (χ3n) is 4.24. The Kier molecular flexibility index (Phi) is 5.67. The number of rotatable bonds is 5. The summed E-state index contributed by atoms with van der Waals surface area (Å²) >= 11 is 1.52. The zero-order valence-electron chi connectivity index (χ0n) is 15.8. The Bertz CT molecular complexity index is 779. The summed E-state index contributed by atoms with van der Waals surface area (Å²) in [7, 11) is 0. The van der Waals surface area contributed by atoms with Crippen molar-refractivity contribution in [2.75, 3.05) is 44.0 Å². The van der Waals surface area contributed by atoms with E-state index in [9.17, 15) is 4.79 Å². The molecule has 1 fully saturated rings. The number of hydrogen-bond donors (Lipinski definition) is 1. The fraction of sp³-hybridized carbons (Fsp3) is 0.647. The maximum absolute atomic E-state index is 12.0. The van der Waals surface area contributed by atoms with E-state index in [2.05, 4.69) is 20.3 Å². The number of amides is 1. The lowest BCUT2D eigenvalue weighted by Gasteiger charge is -2.28. The number of aromatic nitrogens is 4. The van der Waals surface area contributed by atoms with Gasteiger partial charge in [-0.15, -0.1) is 0 Å². The Hall–Kier alpha value is -1.87. The Labute approximate surface area is 157 Å². The molecule has 8 nitrogen and oxygen atoms in total. The zero-order chi connectivity index (χ0) is 18.7. The lowest BCUT2D eigenvalue weighted by Crippen LogP contribution is -2.37. The third-order valence-corrected chi connectivity index (χ3v) is 4.79. The van der Waals surface area contributed by atoms with Gasteiger partial charge in [-0.1, -0.05) is 32.5 Å². The number of nitrogens with zero attached hydrogens (tertiary/aromatic N) is 5. The predicted octanol–water partition coefficient (Wildman–Crippen LogP) is 1.55. The molecule has 0 aromatic carbocycles. The molecule has 1 aliphatic heterocycles. The van der Waals surface area contributed by atoms with Crippen LogP contribution in [0.3, 0.4) is 0 Å². The monoisotopic (exact) mass is 378 g/mol. The van der Waals surface area contributed by atoms with E-state index in [0.717, 1.165) is 35.1 Å². The minimum Gasteiger partial charge on any atom is -0.378 e. The predicted molar refractivity (Wildman–Crippen MR) is 103 cm³/mol. The molecule has 0 atom stereocenters. The Morgan fingerprint density at radius 3 is 2.69 bits per heavy atom. The van der Waals surface area contributed by atoms with Crippen molar-refractivity contribution >= 4 is 34.5 Å². The molecule has 0 unspecified atom stereocenters. The van der Waals surface area contributed by atoms with Gasteiger partial charge in [-0.05, 0) is 6.26 Å². The molecule has 0 aliphatic carbocycles. The molecule has 1 saturated heterocycles. The van der Waals surface area contributed by atoms with Gasteiger partial charge >= 0.3 is 0 Å². The van der Waals surface area contributed by atoms with Crippen LogP contribution in [0.4, 0.5) is 5.82 Å². The average molecular weight is 379 g/mol. The molecule has 9 heteroatoms. The molecule has 0 bridgehead atoms. The zero-order valence-corrected chi connectivity index (χ0v) is 16.6. The van der Waals surface area contributed by atoms with E-state index in [-0.39, 0.29) is 5.91 Å². The van der Waals surface area contributed by atoms with Crippen molar-refractivity contribution in [1.29, 1.82) is 0 Å². The van der Waals surface area contributed by atoms with Gasteiger partial charge in [0.05, 0.1) is 31.3 Å². The first kappa shape index (κ1) is 18.9. The minimum absolute atomic E-state index is 0.0300. The van der Waals surface area contributed by atoms with Gasteiger partial charge in [-0.3, -0.25) is 4.79 Å². The first-order chi connectivity index (χ1) is 12.4. The second-order valence-corrected chi connectivity index (χ2v) is 8.02. The van der Waals surface area contributed by atoms with E-state index in [0.29, 0.717) is 26.3 Å². The van der Waals surface area contributed by atoms with E-state index in [1.165, 1.54) is 11.8 Å². The van der Waals surface area contributed by atoms with Crippen LogP contribution in [0.5, 0.6) is 0 Å². The fourth-order valence-electron chi connectivity index (χ4n) is 2.73. The summed E-state index contributed by atoms with van der Waals surface area (Å²) in [5.74, 6) is 0.940. The largest absolute Gasteiger partial charge is 0.378 e. The summed E-state index contributed by atoms with van der Waals surface area (Å²) in [6.45, 7) is 9.81. The van der Waals surface area contributed by atoms with Crippen molar-refractivity contribution in [2.45, 2.75) is 32.5 Å². The topological polar surface area (TPSA) is 85.2 Å². The summed E-state index contributed by atoms with van der Waals surface area (Å²) < 4.78 is 7.28. The van der Waals surface area contributed by atoms with Crippen LogP contribution in [0.2, 0.25) is 0 Å². The van der Waals surface area contributed by atoms with E-state index >= 15 is 0 Å². The molecule has 0 radical (unpaired) electrons. The van der Waals surface area contributed by atoms with Crippen molar-refractivity contribution < 1.29 is 9.53 Å². The van der Waals surface area contributed by atoms with Gasteiger partial charge in [-0.25, -0.2) is 14.6 Å². The lowest BCUT2D eigenvalue weighted by atomic mass is 9.96. The third kappa shape index (κ3) is 4.09. The Morgan fingerprint density at radius 2 is 2.04 bits per heavy atom.